The van der Waals surface area contributed by atoms with Crippen molar-refractivity contribution < 1.29 is 24.1 Å². The van der Waals surface area contributed by atoms with Gasteiger partial charge in [-0.05, 0) is 0 Å². The molecule has 0 aliphatic carbocycles. The molecule has 238 valence electrons. The van der Waals surface area contributed by atoms with Crippen LogP contribution in [0.25, 0.3) is 39.0 Å². The quantitative estimate of drug-likeness (QED) is 0.131. The number of imidazole rings is 1. The molecule has 0 saturated carbocycles. The van der Waals surface area contributed by atoms with E-state index in [1.807, 2.05) is 12.1 Å². The third-order valence-electron chi connectivity index (χ3n) is 8.60. The zero-order chi connectivity index (χ0) is 33.2. The fourth-order valence-corrected chi connectivity index (χ4v) is 7.25. The van der Waals surface area contributed by atoms with Gasteiger partial charge >= 0.3 is 280 Å². The molecule has 0 N–H and O–H groups in total. The Hall–Kier alpha value is -5.65. The first-order chi connectivity index (χ1) is 24.2. The SMILES string of the molecule is Cn1[c](=[Pt])n(-c2[c-]c(B(c3[c-]c(Oc4ncncn4)ccc3)c3c(-c4ccccc4)cccc3-c3ccccc3)ccc2)c2ccccc21. The summed E-state index contributed by atoms with van der Waals surface area (Å²) in [6.07, 6.45) is 2.84. The Balaban J connectivity index is 1.40. The number of para-hydroxylation sites is 2. The summed E-state index contributed by atoms with van der Waals surface area (Å²) >= 11 is 2.40. The zero-order valence-corrected chi connectivity index (χ0v) is 28.7. The third kappa shape index (κ3) is 5.98. The summed E-state index contributed by atoms with van der Waals surface area (Å²) in [7, 11) is 2.10. The number of rotatable bonds is 8. The van der Waals surface area contributed by atoms with E-state index in [9.17, 15) is 0 Å². The molecule has 49 heavy (non-hydrogen) atoms. The van der Waals surface area contributed by atoms with Gasteiger partial charge in [-0.15, -0.1) is 0 Å². The van der Waals surface area contributed by atoms with Crippen LogP contribution in [-0.2, 0) is 26.4 Å². The van der Waals surface area contributed by atoms with E-state index >= 15 is 0 Å². The van der Waals surface area contributed by atoms with Crippen molar-refractivity contribution in [2.75, 3.05) is 0 Å². The summed E-state index contributed by atoms with van der Waals surface area (Å²) in [4.78, 5) is 12.3. The van der Waals surface area contributed by atoms with E-state index < -0.39 is 0 Å². The molecule has 0 aliphatic heterocycles. The second-order valence-electron chi connectivity index (χ2n) is 11.5. The van der Waals surface area contributed by atoms with Gasteiger partial charge in [0.2, 0.25) is 0 Å². The number of hydrogen-bond acceptors (Lipinski definition) is 4. The Morgan fingerprint density at radius 3 is 1.86 bits per heavy atom. The maximum absolute atomic E-state index is 6.09. The van der Waals surface area contributed by atoms with Gasteiger partial charge in [0.05, 0.1) is 0 Å². The predicted octanol–water partition coefficient (Wildman–Crippen LogP) is 6.48. The van der Waals surface area contributed by atoms with Crippen LogP contribution in [0.3, 0.4) is 0 Å². The number of aromatic nitrogens is 5. The van der Waals surface area contributed by atoms with Crippen LogP contribution in [0, 0.1) is 15.9 Å². The summed E-state index contributed by atoms with van der Waals surface area (Å²) in [5, 5.41) is 0. The third-order valence-corrected chi connectivity index (χ3v) is 9.87. The minimum absolute atomic E-state index is 0.213. The summed E-state index contributed by atoms with van der Waals surface area (Å²) in [6, 6.07) is 56.2. The fraction of sp³-hybridized carbons (Fsp3) is 0.0244. The number of aryl methyl sites for hydroxylation is 1. The molecule has 0 aliphatic rings. The number of fused-ring (bicyclic) bond motifs is 1. The Morgan fingerprint density at radius 2 is 1.18 bits per heavy atom. The first-order valence-corrected chi connectivity index (χ1v) is 17.0. The Labute approximate surface area is 295 Å². The second-order valence-corrected chi connectivity index (χ2v) is 12.6. The predicted molar refractivity (Wildman–Crippen MR) is 191 cm³/mol. The van der Waals surface area contributed by atoms with E-state index in [1.54, 1.807) is 0 Å². The van der Waals surface area contributed by atoms with Crippen molar-refractivity contribution in [1.82, 2.24) is 24.1 Å². The van der Waals surface area contributed by atoms with E-state index in [2.05, 4.69) is 190 Å². The Bertz CT molecular complexity index is 2410. The molecule has 6 nitrogen and oxygen atoms in total. The first kappa shape index (κ1) is 30.7. The molecule has 0 saturated heterocycles. The molecule has 6 aromatic carbocycles. The monoisotopic (exact) mass is 812 g/mol. The molecule has 0 amide bonds. The zero-order valence-electron chi connectivity index (χ0n) is 26.5. The van der Waals surface area contributed by atoms with Gasteiger partial charge in [0.1, 0.15) is 12.7 Å². The number of benzene rings is 6. The first-order valence-electron chi connectivity index (χ1n) is 15.9. The number of nitrogens with zero attached hydrogens (tertiary/aromatic N) is 5. The van der Waals surface area contributed by atoms with E-state index in [4.69, 9.17) is 4.74 Å². The summed E-state index contributed by atoms with van der Waals surface area (Å²) in [5.74, 6) is 0.515. The van der Waals surface area contributed by atoms with Gasteiger partial charge in [-0.1, -0.05) is 0 Å². The van der Waals surface area contributed by atoms with Gasteiger partial charge < -0.3 is 0 Å². The van der Waals surface area contributed by atoms with Crippen LogP contribution < -0.4 is 21.1 Å². The van der Waals surface area contributed by atoms with Gasteiger partial charge in [0, 0.05) is 0 Å². The maximum atomic E-state index is 6.09. The van der Waals surface area contributed by atoms with Gasteiger partial charge in [-0.3, -0.25) is 0 Å². The van der Waals surface area contributed by atoms with Crippen LogP contribution in [0.1, 0.15) is 0 Å². The standard InChI is InChI=1S/C41H28BN5O.Pt/c1-46-29-47(39-24-9-8-23-38(39)46)34-19-10-17-32(25-34)42(33-18-11-20-35(26-33)48-41-44-27-43-28-45-41)40-36(30-13-4-2-5-14-30)21-12-22-37(40)31-15-6-3-7-16-31;/h2-24,27-28H,1H3;/q-2;. The molecule has 0 atom stereocenters. The summed E-state index contributed by atoms with van der Waals surface area (Å²) in [6.45, 7) is -0.276. The van der Waals surface area contributed by atoms with Crippen molar-refractivity contribution in [1.29, 1.82) is 0 Å². The van der Waals surface area contributed by atoms with Crippen molar-refractivity contribution >= 4 is 34.1 Å². The minimum atomic E-state index is -0.276. The van der Waals surface area contributed by atoms with Crippen molar-refractivity contribution in [2.45, 2.75) is 0 Å². The van der Waals surface area contributed by atoms with Crippen molar-refractivity contribution in [3.8, 4) is 39.7 Å². The van der Waals surface area contributed by atoms with Crippen LogP contribution in [0.15, 0.2) is 152 Å². The molecule has 8 heteroatoms. The second kappa shape index (κ2) is 13.5. The molecule has 0 radical (unpaired) electrons. The van der Waals surface area contributed by atoms with E-state index in [1.165, 1.54) is 12.7 Å². The van der Waals surface area contributed by atoms with Crippen molar-refractivity contribution in [2.24, 2.45) is 7.05 Å². The molecule has 2 aromatic heterocycles. The number of ether oxygens (including phenoxy) is 1. The molecule has 0 spiro atoms. The molecule has 8 rings (SSSR count). The van der Waals surface area contributed by atoms with E-state index in [0.29, 0.717) is 5.75 Å². The molecule has 0 bridgehead atoms. The average Bonchev–Trinajstić information content (AvgIpc) is 3.42. The Morgan fingerprint density at radius 1 is 0.612 bits per heavy atom. The van der Waals surface area contributed by atoms with Crippen LogP contribution in [0.5, 0.6) is 11.8 Å². The van der Waals surface area contributed by atoms with Crippen LogP contribution in [0.4, 0.5) is 0 Å². The van der Waals surface area contributed by atoms with Crippen molar-refractivity contribution in [3.63, 3.8) is 0 Å². The number of hydrogen-bond donors (Lipinski definition) is 0. The van der Waals surface area contributed by atoms with Gasteiger partial charge in [-0.25, -0.2) is 4.98 Å². The fourth-order valence-electron chi connectivity index (χ4n) is 6.43. The summed E-state index contributed by atoms with van der Waals surface area (Å²) < 4.78 is 11.7. The molecule has 8 aromatic rings. The van der Waals surface area contributed by atoms with Gasteiger partial charge in [0.25, 0.3) is 0 Å². The molecular formula is C41H28BN5OPt-2. The molecule has 0 fully saturated rings. The Kier molecular flexibility index (Phi) is 8.43. The van der Waals surface area contributed by atoms with Crippen LogP contribution in [0.2, 0.25) is 0 Å². The summed E-state index contributed by atoms with van der Waals surface area (Å²) in [5.41, 5.74) is 10.8. The van der Waals surface area contributed by atoms with E-state index in [0.717, 1.165) is 59.2 Å². The van der Waals surface area contributed by atoms with Gasteiger partial charge in [-0.2, -0.15) is 0 Å². The molecular weight excluding hydrogens is 784 g/mol. The van der Waals surface area contributed by atoms with Crippen LogP contribution in [-0.4, -0.2) is 30.8 Å². The topological polar surface area (TPSA) is 57.8 Å². The van der Waals surface area contributed by atoms with Gasteiger partial charge in [0.15, 0.2) is 0 Å². The molecule has 2 heterocycles. The average molecular weight is 813 g/mol. The van der Waals surface area contributed by atoms with Crippen molar-refractivity contribution in [3.05, 3.63) is 168 Å². The normalized spacial score (nSPS) is 11.1. The van der Waals surface area contributed by atoms with Crippen LogP contribution >= 0.6 is 0 Å². The molecule has 0 unspecified atom stereocenters. The van der Waals surface area contributed by atoms with E-state index in [-0.39, 0.29) is 12.7 Å².